The summed E-state index contributed by atoms with van der Waals surface area (Å²) < 4.78 is 1.73. The Morgan fingerprint density at radius 3 is 2.60 bits per heavy atom. The lowest BCUT2D eigenvalue weighted by Gasteiger charge is -2.36. The average Bonchev–Trinajstić information content (AvgIpc) is 3.16. The van der Waals surface area contributed by atoms with E-state index in [0.717, 1.165) is 55.5 Å². The standard InChI is InChI=1S/C23H26ClN5O/c1-3-27-11-13-28(14-12-27)22-10-5-4-9-21(22)26-23(30)20-16-25-29(17(20)2)19-8-6-7-18(24)15-19/h4-10,15-16H,3,11-14H2,1-2H3,(H,26,30). The minimum Gasteiger partial charge on any atom is -0.367 e. The fourth-order valence-corrected chi connectivity index (χ4v) is 4.03. The number of likely N-dealkylation sites (N-methyl/N-ethyl adjacent to an activating group) is 1. The Balaban J connectivity index is 1.54. The Bertz CT molecular complexity index is 1040. The molecule has 156 valence electrons. The van der Waals surface area contributed by atoms with Crippen LogP contribution in [0.5, 0.6) is 0 Å². The molecule has 1 aliphatic heterocycles. The van der Waals surface area contributed by atoms with Crippen molar-refractivity contribution in [1.29, 1.82) is 0 Å². The highest BCUT2D eigenvalue weighted by Crippen LogP contribution is 2.27. The van der Waals surface area contributed by atoms with Crippen LogP contribution in [0, 0.1) is 6.92 Å². The molecule has 0 atom stereocenters. The summed E-state index contributed by atoms with van der Waals surface area (Å²) in [5, 5.41) is 8.12. The summed E-state index contributed by atoms with van der Waals surface area (Å²) in [6, 6.07) is 15.4. The van der Waals surface area contributed by atoms with Gasteiger partial charge in [0.25, 0.3) is 5.91 Å². The third kappa shape index (κ3) is 4.20. The van der Waals surface area contributed by atoms with Crippen molar-refractivity contribution in [2.45, 2.75) is 13.8 Å². The number of nitrogens with zero attached hydrogens (tertiary/aromatic N) is 4. The van der Waals surface area contributed by atoms with Crippen molar-refractivity contribution < 1.29 is 4.79 Å². The molecule has 1 saturated heterocycles. The molecule has 1 fully saturated rings. The molecule has 0 spiro atoms. The maximum absolute atomic E-state index is 13.1. The molecule has 7 heteroatoms. The molecule has 0 radical (unpaired) electrons. The van der Waals surface area contributed by atoms with Gasteiger partial charge in [-0.15, -0.1) is 0 Å². The number of para-hydroxylation sites is 2. The van der Waals surface area contributed by atoms with Crippen LogP contribution in [-0.2, 0) is 0 Å². The number of carbonyl (C=O) groups excluding carboxylic acids is 1. The second kappa shape index (κ2) is 8.90. The lowest BCUT2D eigenvalue weighted by molar-refractivity contribution is 0.102. The highest BCUT2D eigenvalue weighted by Gasteiger charge is 2.21. The Morgan fingerprint density at radius 2 is 1.87 bits per heavy atom. The average molecular weight is 424 g/mol. The molecule has 6 nitrogen and oxygen atoms in total. The molecule has 3 aromatic rings. The number of benzene rings is 2. The summed E-state index contributed by atoms with van der Waals surface area (Å²) in [7, 11) is 0. The number of carbonyl (C=O) groups is 1. The molecule has 4 rings (SSSR count). The first kappa shape index (κ1) is 20.4. The van der Waals surface area contributed by atoms with Crippen molar-refractivity contribution in [3.05, 3.63) is 71.0 Å². The normalized spacial score (nSPS) is 14.7. The van der Waals surface area contributed by atoms with Crippen molar-refractivity contribution in [3.8, 4) is 5.69 Å². The summed E-state index contributed by atoms with van der Waals surface area (Å²) in [6.07, 6.45) is 1.61. The number of anilines is 2. The van der Waals surface area contributed by atoms with E-state index in [1.165, 1.54) is 0 Å². The topological polar surface area (TPSA) is 53.4 Å². The third-order valence-corrected chi connectivity index (χ3v) is 5.85. The Labute approximate surface area is 182 Å². The van der Waals surface area contributed by atoms with E-state index in [2.05, 4.69) is 33.2 Å². The second-order valence-corrected chi connectivity index (χ2v) is 7.86. The molecular weight excluding hydrogens is 398 g/mol. The monoisotopic (exact) mass is 423 g/mol. The van der Waals surface area contributed by atoms with Gasteiger partial charge in [-0.1, -0.05) is 36.7 Å². The van der Waals surface area contributed by atoms with Gasteiger partial charge in [-0.05, 0) is 43.8 Å². The second-order valence-electron chi connectivity index (χ2n) is 7.43. The smallest absolute Gasteiger partial charge is 0.259 e. The van der Waals surface area contributed by atoms with Gasteiger partial charge in [0.2, 0.25) is 0 Å². The molecule has 0 bridgehead atoms. The predicted octanol–water partition coefficient (Wildman–Crippen LogP) is 4.23. The van der Waals surface area contributed by atoms with Crippen molar-refractivity contribution in [3.63, 3.8) is 0 Å². The molecule has 1 amide bonds. The van der Waals surface area contributed by atoms with E-state index in [4.69, 9.17) is 11.6 Å². The predicted molar refractivity (Wildman–Crippen MR) is 122 cm³/mol. The van der Waals surface area contributed by atoms with Crippen LogP contribution in [0.25, 0.3) is 5.69 Å². The maximum atomic E-state index is 13.1. The first-order valence-corrected chi connectivity index (χ1v) is 10.6. The van der Waals surface area contributed by atoms with E-state index < -0.39 is 0 Å². The van der Waals surface area contributed by atoms with Gasteiger partial charge in [-0.3, -0.25) is 4.79 Å². The van der Waals surface area contributed by atoms with E-state index in [1.807, 2.05) is 49.4 Å². The van der Waals surface area contributed by atoms with Crippen LogP contribution in [-0.4, -0.2) is 53.3 Å². The molecule has 1 aliphatic rings. The summed E-state index contributed by atoms with van der Waals surface area (Å²) in [6.45, 7) is 9.12. The molecule has 0 unspecified atom stereocenters. The number of aromatic nitrogens is 2. The lowest BCUT2D eigenvalue weighted by Crippen LogP contribution is -2.46. The van der Waals surface area contributed by atoms with Crippen molar-refractivity contribution in [2.75, 3.05) is 42.9 Å². The van der Waals surface area contributed by atoms with Crippen LogP contribution in [0.4, 0.5) is 11.4 Å². The van der Waals surface area contributed by atoms with Crippen LogP contribution in [0.1, 0.15) is 23.0 Å². The minimum absolute atomic E-state index is 0.166. The van der Waals surface area contributed by atoms with E-state index in [0.29, 0.717) is 10.6 Å². The lowest BCUT2D eigenvalue weighted by atomic mass is 10.2. The molecule has 0 aliphatic carbocycles. The van der Waals surface area contributed by atoms with Crippen molar-refractivity contribution >= 4 is 28.9 Å². The van der Waals surface area contributed by atoms with Gasteiger partial charge in [0.05, 0.1) is 34.5 Å². The number of nitrogens with one attached hydrogen (secondary N) is 1. The zero-order valence-corrected chi connectivity index (χ0v) is 18.1. The largest absolute Gasteiger partial charge is 0.367 e. The van der Waals surface area contributed by atoms with Crippen LogP contribution < -0.4 is 10.2 Å². The highest BCUT2D eigenvalue weighted by molar-refractivity contribution is 6.30. The summed E-state index contributed by atoms with van der Waals surface area (Å²) in [5.74, 6) is -0.166. The van der Waals surface area contributed by atoms with Gasteiger partial charge in [-0.2, -0.15) is 5.10 Å². The van der Waals surface area contributed by atoms with Gasteiger partial charge in [-0.25, -0.2) is 4.68 Å². The van der Waals surface area contributed by atoms with Gasteiger partial charge < -0.3 is 15.1 Å². The van der Waals surface area contributed by atoms with Crippen LogP contribution >= 0.6 is 11.6 Å². The summed E-state index contributed by atoms with van der Waals surface area (Å²) in [5.41, 5.74) is 4.02. The van der Waals surface area contributed by atoms with E-state index in [1.54, 1.807) is 10.9 Å². The molecule has 0 saturated carbocycles. The number of hydrogen-bond donors (Lipinski definition) is 1. The van der Waals surface area contributed by atoms with Gasteiger partial charge in [0, 0.05) is 31.2 Å². The third-order valence-electron chi connectivity index (χ3n) is 5.62. The first-order valence-electron chi connectivity index (χ1n) is 10.2. The number of rotatable bonds is 5. The van der Waals surface area contributed by atoms with E-state index >= 15 is 0 Å². The SMILES string of the molecule is CCN1CCN(c2ccccc2NC(=O)c2cnn(-c3cccc(Cl)c3)c2C)CC1. The van der Waals surface area contributed by atoms with Gasteiger partial charge >= 0.3 is 0 Å². The fraction of sp³-hybridized carbons (Fsp3) is 0.304. The summed E-state index contributed by atoms with van der Waals surface area (Å²) >= 11 is 6.11. The fourth-order valence-electron chi connectivity index (χ4n) is 3.85. The Kier molecular flexibility index (Phi) is 6.06. The van der Waals surface area contributed by atoms with Crippen LogP contribution in [0.2, 0.25) is 5.02 Å². The maximum Gasteiger partial charge on any atom is 0.259 e. The van der Waals surface area contributed by atoms with Gasteiger partial charge in [0.1, 0.15) is 0 Å². The van der Waals surface area contributed by atoms with E-state index in [-0.39, 0.29) is 5.91 Å². The molecule has 1 N–H and O–H groups in total. The molecule has 2 aromatic carbocycles. The molecule has 30 heavy (non-hydrogen) atoms. The Morgan fingerprint density at radius 1 is 1.10 bits per heavy atom. The number of halogens is 1. The minimum atomic E-state index is -0.166. The highest BCUT2D eigenvalue weighted by atomic mass is 35.5. The first-order chi connectivity index (χ1) is 14.6. The van der Waals surface area contributed by atoms with Gasteiger partial charge in [0.15, 0.2) is 0 Å². The Hall–Kier alpha value is -2.83. The van der Waals surface area contributed by atoms with Crippen LogP contribution in [0.3, 0.4) is 0 Å². The molecule has 1 aromatic heterocycles. The number of amides is 1. The quantitative estimate of drug-likeness (QED) is 0.667. The molecular formula is C23H26ClN5O. The number of piperazine rings is 1. The zero-order chi connectivity index (χ0) is 21.1. The zero-order valence-electron chi connectivity index (χ0n) is 17.3. The van der Waals surface area contributed by atoms with Crippen molar-refractivity contribution in [2.24, 2.45) is 0 Å². The number of hydrogen-bond acceptors (Lipinski definition) is 4. The summed E-state index contributed by atoms with van der Waals surface area (Å²) in [4.78, 5) is 17.8. The van der Waals surface area contributed by atoms with Crippen molar-refractivity contribution in [1.82, 2.24) is 14.7 Å². The van der Waals surface area contributed by atoms with E-state index in [9.17, 15) is 4.79 Å². The molecule has 2 heterocycles. The van der Waals surface area contributed by atoms with Crippen LogP contribution in [0.15, 0.2) is 54.7 Å².